The van der Waals surface area contributed by atoms with Gasteiger partial charge in [-0.05, 0) is 70.5 Å². The molecule has 3 heterocycles. The van der Waals surface area contributed by atoms with Crippen LogP contribution in [-0.4, -0.2) is 54.6 Å². The zero-order valence-corrected chi connectivity index (χ0v) is 16.4. The summed E-state index contributed by atoms with van der Waals surface area (Å²) in [4.78, 5) is 7.40. The maximum absolute atomic E-state index is 5.94. The fraction of sp³-hybridized carbons (Fsp3) is 0.737. The van der Waals surface area contributed by atoms with Crippen LogP contribution in [0.5, 0.6) is 0 Å². The maximum atomic E-state index is 5.94. The molecule has 2 unspecified atom stereocenters. The predicted molar refractivity (Wildman–Crippen MR) is 106 cm³/mol. The van der Waals surface area contributed by atoms with Crippen LogP contribution in [0, 0.1) is 6.92 Å². The SMILES string of the molecule is CCNC(=NCC(c1ccc(C)o1)N1CCCC1)NCC1CCCS1. The van der Waals surface area contributed by atoms with E-state index in [4.69, 9.17) is 9.41 Å². The summed E-state index contributed by atoms with van der Waals surface area (Å²) in [6.45, 7) is 9.04. The van der Waals surface area contributed by atoms with Crippen molar-refractivity contribution >= 4 is 17.7 Å². The largest absolute Gasteiger partial charge is 0.465 e. The highest BCUT2D eigenvalue weighted by Crippen LogP contribution is 2.27. The quantitative estimate of drug-likeness (QED) is 0.575. The van der Waals surface area contributed by atoms with E-state index in [1.54, 1.807) is 0 Å². The average molecular weight is 365 g/mol. The van der Waals surface area contributed by atoms with Crippen molar-refractivity contribution in [3.8, 4) is 0 Å². The second-order valence-corrected chi connectivity index (χ2v) is 8.35. The van der Waals surface area contributed by atoms with Gasteiger partial charge >= 0.3 is 0 Å². The van der Waals surface area contributed by atoms with Gasteiger partial charge in [-0.25, -0.2) is 0 Å². The Hall–Kier alpha value is -1.14. The van der Waals surface area contributed by atoms with Crippen molar-refractivity contribution in [1.29, 1.82) is 0 Å². The van der Waals surface area contributed by atoms with Crippen LogP contribution in [0.2, 0.25) is 0 Å². The minimum absolute atomic E-state index is 0.243. The number of aliphatic imine (C=N–C) groups is 1. The Bertz CT molecular complexity index is 547. The summed E-state index contributed by atoms with van der Waals surface area (Å²) in [5.74, 6) is 4.26. The second-order valence-electron chi connectivity index (χ2n) is 6.94. The van der Waals surface area contributed by atoms with E-state index in [-0.39, 0.29) is 6.04 Å². The Morgan fingerprint density at radius 1 is 1.32 bits per heavy atom. The van der Waals surface area contributed by atoms with Gasteiger partial charge in [-0.1, -0.05) is 0 Å². The molecule has 2 fully saturated rings. The van der Waals surface area contributed by atoms with Gasteiger partial charge in [0.1, 0.15) is 11.5 Å². The first-order chi connectivity index (χ1) is 12.3. The predicted octanol–water partition coefficient (Wildman–Crippen LogP) is 3.18. The van der Waals surface area contributed by atoms with Crippen molar-refractivity contribution in [3.05, 3.63) is 23.7 Å². The van der Waals surface area contributed by atoms with E-state index in [2.05, 4.69) is 46.4 Å². The van der Waals surface area contributed by atoms with E-state index in [1.807, 2.05) is 6.92 Å². The number of hydrogen-bond donors (Lipinski definition) is 2. The highest BCUT2D eigenvalue weighted by Gasteiger charge is 2.26. The number of rotatable bonds is 7. The third kappa shape index (κ3) is 5.42. The second kappa shape index (κ2) is 9.53. The minimum atomic E-state index is 0.243. The first-order valence-corrected chi connectivity index (χ1v) is 10.8. The fourth-order valence-electron chi connectivity index (χ4n) is 3.61. The molecule has 0 spiro atoms. The summed E-state index contributed by atoms with van der Waals surface area (Å²) >= 11 is 2.08. The van der Waals surface area contributed by atoms with Crippen LogP contribution >= 0.6 is 11.8 Å². The van der Waals surface area contributed by atoms with Gasteiger partial charge in [0.2, 0.25) is 0 Å². The smallest absolute Gasteiger partial charge is 0.191 e. The van der Waals surface area contributed by atoms with Gasteiger partial charge < -0.3 is 15.1 Å². The van der Waals surface area contributed by atoms with Crippen LogP contribution in [0.25, 0.3) is 0 Å². The highest BCUT2D eigenvalue weighted by molar-refractivity contribution is 8.00. The monoisotopic (exact) mass is 364 g/mol. The Morgan fingerprint density at radius 2 is 2.16 bits per heavy atom. The Kier molecular flexibility index (Phi) is 7.11. The minimum Gasteiger partial charge on any atom is -0.465 e. The summed E-state index contributed by atoms with van der Waals surface area (Å²) < 4.78 is 5.94. The molecule has 1 aromatic heterocycles. The average Bonchev–Trinajstić information content (AvgIpc) is 3.36. The van der Waals surface area contributed by atoms with E-state index in [0.29, 0.717) is 0 Å². The molecule has 2 aliphatic rings. The molecule has 2 aliphatic heterocycles. The first kappa shape index (κ1) is 18.6. The number of aryl methyl sites for hydroxylation is 1. The summed E-state index contributed by atoms with van der Waals surface area (Å²) in [5.41, 5.74) is 0. The zero-order chi connectivity index (χ0) is 17.5. The molecular weight excluding hydrogens is 332 g/mol. The van der Waals surface area contributed by atoms with Gasteiger partial charge in [0, 0.05) is 18.3 Å². The van der Waals surface area contributed by atoms with Crippen LogP contribution < -0.4 is 10.6 Å². The van der Waals surface area contributed by atoms with Gasteiger partial charge in [0.05, 0.1) is 12.6 Å². The van der Waals surface area contributed by atoms with E-state index >= 15 is 0 Å². The number of guanidine groups is 1. The van der Waals surface area contributed by atoms with Gasteiger partial charge in [-0.3, -0.25) is 9.89 Å². The molecule has 0 aromatic carbocycles. The molecule has 0 amide bonds. The number of furan rings is 1. The fourth-order valence-corrected chi connectivity index (χ4v) is 4.81. The first-order valence-electron chi connectivity index (χ1n) is 9.70. The zero-order valence-electron chi connectivity index (χ0n) is 15.6. The summed E-state index contributed by atoms with van der Waals surface area (Å²) in [5, 5.41) is 7.65. The maximum Gasteiger partial charge on any atom is 0.191 e. The van der Waals surface area contributed by atoms with E-state index in [1.165, 1.54) is 31.4 Å². The van der Waals surface area contributed by atoms with Crippen molar-refractivity contribution in [2.45, 2.75) is 50.8 Å². The Morgan fingerprint density at radius 3 is 2.80 bits per heavy atom. The lowest BCUT2D eigenvalue weighted by Crippen LogP contribution is -2.41. The van der Waals surface area contributed by atoms with Crippen LogP contribution in [0.4, 0.5) is 0 Å². The molecule has 140 valence electrons. The molecular formula is C19H32N4OS. The van der Waals surface area contributed by atoms with E-state index in [9.17, 15) is 0 Å². The summed E-state index contributed by atoms with van der Waals surface area (Å²) in [6.07, 6.45) is 5.22. The molecule has 0 aliphatic carbocycles. The lowest BCUT2D eigenvalue weighted by molar-refractivity contribution is 0.219. The molecule has 3 rings (SSSR count). The lowest BCUT2D eigenvalue weighted by atomic mass is 10.2. The van der Waals surface area contributed by atoms with E-state index in [0.717, 1.165) is 55.5 Å². The Balaban J connectivity index is 1.63. The summed E-state index contributed by atoms with van der Waals surface area (Å²) in [7, 11) is 0. The molecule has 0 saturated carbocycles. The van der Waals surface area contributed by atoms with Crippen molar-refractivity contribution < 1.29 is 4.42 Å². The third-order valence-electron chi connectivity index (χ3n) is 4.96. The molecule has 2 saturated heterocycles. The standard InChI is InChI=1S/C19H32N4OS/c1-3-20-19(21-13-16-7-6-12-25-16)22-14-17(23-10-4-5-11-23)18-9-8-15(2)24-18/h8-9,16-17H,3-7,10-14H2,1-2H3,(H2,20,21,22). The number of nitrogens with one attached hydrogen (secondary N) is 2. The van der Waals surface area contributed by atoms with Crippen LogP contribution in [0.1, 0.15) is 50.2 Å². The van der Waals surface area contributed by atoms with Crippen LogP contribution in [0.15, 0.2) is 21.5 Å². The van der Waals surface area contributed by atoms with Gasteiger partial charge in [-0.15, -0.1) is 0 Å². The third-order valence-corrected chi connectivity index (χ3v) is 6.36. The molecule has 0 radical (unpaired) electrons. The van der Waals surface area contributed by atoms with Crippen molar-refractivity contribution in [2.75, 3.05) is 38.5 Å². The molecule has 25 heavy (non-hydrogen) atoms. The normalized spacial score (nSPS) is 23.1. The molecule has 5 nitrogen and oxygen atoms in total. The molecule has 6 heteroatoms. The van der Waals surface area contributed by atoms with E-state index < -0.39 is 0 Å². The number of nitrogens with zero attached hydrogens (tertiary/aromatic N) is 2. The van der Waals surface area contributed by atoms with Gasteiger partial charge in [0.15, 0.2) is 5.96 Å². The van der Waals surface area contributed by atoms with Crippen LogP contribution in [0.3, 0.4) is 0 Å². The highest BCUT2D eigenvalue weighted by atomic mass is 32.2. The lowest BCUT2D eigenvalue weighted by Gasteiger charge is -2.25. The molecule has 1 aromatic rings. The van der Waals surface area contributed by atoms with Crippen molar-refractivity contribution in [1.82, 2.24) is 15.5 Å². The van der Waals surface area contributed by atoms with Crippen molar-refractivity contribution in [3.63, 3.8) is 0 Å². The number of hydrogen-bond acceptors (Lipinski definition) is 4. The number of likely N-dealkylation sites (tertiary alicyclic amines) is 1. The van der Waals surface area contributed by atoms with Gasteiger partial charge in [0.25, 0.3) is 0 Å². The molecule has 2 N–H and O–H groups in total. The summed E-state index contributed by atoms with van der Waals surface area (Å²) in [6, 6.07) is 4.42. The number of thioether (sulfide) groups is 1. The Labute approximate surface area is 156 Å². The van der Waals surface area contributed by atoms with Gasteiger partial charge in [-0.2, -0.15) is 11.8 Å². The topological polar surface area (TPSA) is 52.8 Å². The van der Waals surface area contributed by atoms with Crippen LogP contribution in [-0.2, 0) is 0 Å². The van der Waals surface area contributed by atoms with Crippen molar-refractivity contribution in [2.24, 2.45) is 4.99 Å². The molecule has 0 bridgehead atoms. The molecule has 2 atom stereocenters.